The Bertz CT molecular complexity index is 968. The second-order valence-corrected chi connectivity index (χ2v) is 9.42. The van der Waals surface area contributed by atoms with Crippen LogP contribution in [-0.2, 0) is 9.59 Å². The summed E-state index contributed by atoms with van der Waals surface area (Å²) in [6.45, 7) is 6.82. The van der Waals surface area contributed by atoms with Crippen molar-refractivity contribution >= 4 is 17.4 Å². The number of hydrogen-bond donors (Lipinski definition) is 2. The van der Waals surface area contributed by atoms with Crippen LogP contribution >= 0.6 is 0 Å². The van der Waals surface area contributed by atoms with Gasteiger partial charge in [0.05, 0.1) is 12.3 Å². The van der Waals surface area contributed by atoms with Gasteiger partial charge < -0.3 is 15.2 Å². The maximum Gasteiger partial charge on any atom is 0.305 e. The zero-order valence-corrected chi connectivity index (χ0v) is 20.5. The summed E-state index contributed by atoms with van der Waals surface area (Å²) in [5, 5.41) is 11.4. The van der Waals surface area contributed by atoms with Crippen LogP contribution in [0.2, 0.25) is 0 Å². The molecule has 0 radical (unpaired) electrons. The molecule has 2 aliphatic carbocycles. The molecule has 1 aromatic carbocycles. The van der Waals surface area contributed by atoms with Gasteiger partial charge in [0.25, 0.3) is 0 Å². The number of carbonyl (C=O) groups is 2. The van der Waals surface area contributed by atoms with Gasteiger partial charge in [-0.05, 0) is 59.9 Å². The van der Waals surface area contributed by atoms with Crippen molar-refractivity contribution < 1.29 is 19.4 Å². The van der Waals surface area contributed by atoms with Crippen molar-refractivity contribution in [2.45, 2.75) is 59.0 Å². The molecule has 0 aliphatic heterocycles. The standard InChI is InChI=1S/C29H37NO4/c1-4-5-27(24-10-12-25(13-11-24)29(33)30-19-18-28(31)32)34-26-16-14-23(15-17-26)22-8-6-21(7-9-22)20(2)3/h6,8-12,14-17,20-21,25,27H,4-5,7,13,18-19H2,1-3H3,(H,30,33)(H,31,32). The molecule has 0 aromatic heterocycles. The average Bonchev–Trinajstić information content (AvgIpc) is 2.84. The van der Waals surface area contributed by atoms with E-state index in [-0.39, 0.29) is 30.9 Å². The van der Waals surface area contributed by atoms with Gasteiger partial charge in [-0.25, -0.2) is 0 Å². The van der Waals surface area contributed by atoms with E-state index >= 15 is 0 Å². The van der Waals surface area contributed by atoms with Crippen molar-refractivity contribution in [3.05, 3.63) is 71.9 Å². The first-order valence-electron chi connectivity index (χ1n) is 12.4. The third-order valence-corrected chi connectivity index (χ3v) is 6.48. The maximum absolute atomic E-state index is 12.3. The first kappa shape index (κ1) is 25.5. The molecule has 2 N–H and O–H groups in total. The van der Waals surface area contributed by atoms with Crippen LogP contribution in [0.15, 0.2) is 66.3 Å². The third kappa shape index (κ3) is 7.21. The lowest BCUT2D eigenvalue weighted by Crippen LogP contribution is -2.32. The first-order valence-corrected chi connectivity index (χ1v) is 12.4. The Morgan fingerprint density at radius 1 is 1.09 bits per heavy atom. The summed E-state index contributed by atoms with van der Waals surface area (Å²) in [6.07, 6.45) is 16.2. The van der Waals surface area contributed by atoms with Crippen molar-refractivity contribution in [3.8, 4) is 5.75 Å². The number of allylic oxidation sites excluding steroid dienone is 5. The van der Waals surface area contributed by atoms with Gasteiger partial charge in [-0.1, -0.05) is 75.8 Å². The van der Waals surface area contributed by atoms with E-state index in [9.17, 15) is 9.59 Å². The minimum absolute atomic E-state index is 0.0660. The van der Waals surface area contributed by atoms with E-state index in [4.69, 9.17) is 9.84 Å². The van der Waals surface area contributed by atoms with Crippen molar-refractivity contribution in [1.29, 1.82) is 0 Å². The van der Waals surface area contributed by atoms with Crippen molar-refractivity contribution in [3.63, 3.8) is 0 Å². The average molecular weight is 464 g/mol. The molecular weight excluding hydrogens is 426 g/mol. The number of nitrogens with one attached hydrogen (secondary N) is 1. The number of aliphatic carboxylic acids is 1. The normalized spacial score (nSPS) is 20.5. The first-order chi connectivity index (χ1) is 16.4. The van der Waals surface area contributed by atoms with E-state index in [0.29, 0.717) is 18.3 Å². The Kier molecular flexibility index (Phi) is 9.32. The highest BCUT2D eigenvalue weighted by Crippen LogP contribution is 2.30. The predicted octanol–water partition coefficient (Wildman–Crippen LogP) is 5.94. The van der Waals surface area contributed by atoms with Gasteiger partial charge in [0.1, 0.15) is 11.9 Å². The zero-order valence-electron chi connectivity index (χ0n) is 20.5. The smallest absolute Gasteiger partial charge is 0.305 e. The minimum Gasteiger partial charge on any atom is -0.486 e. The van der Waals surface area contributed by atoms with Crippen LogP contribution in [-0.4, -0.2) is 29.6 Å². The minimum atomic E-state index is -0.916. The molecule has 0 saturated carbocycles. The van der Waals surface area contributed by atoms with Crippen LogP contribution in [0, 0.1) is 17.8 Å². The summed E-state index contributed by atoms with van der Waals surface area (Å²) in [5.41, 5.74) is 3.55. The quantitative estimate of drug-likeness (QED) is 0.426. The highest BCUT2D eigenvalue weighted by molar-refractivity contribution is 5.81. The fourth-order valence-electron chi connectivity index (χ4n) is 4.29. The van der Waals surface area contributed by atoms with E-state index < -0.39 is 5.97 Å². The van der Waals surface area contributed by atoms with E-state index in [1.165, 1.54) is 11.1 Å². The Morgan fingerprint density at radius 2 is 1.85 bits per heavy atom. The highest BCUT2D eigenvalue weighted by atomic mass is 16.5. The Labute approximate surface area is 203 Å². The summed E-state index contributed by atoms with van der Waals surface area (Å²) in [6, 6.07) is 8.31. The number of carbonyl (C=O) groups excluding carboxylic acids is 1. The van der Waals surface area contributed by atoms with Gasteiger partial charge in [-0.2, -0.15) is 0 Å². The van der Waals surface area contributed by atoms with Crippen LogP contribution in [0.5, 0.6) is 5.75 Å². The lowest BCUT2D eigenvalue weighted by molar-refractivity contribution is -0.137. The molecule has 3 rings (SSSR count). The zero-order chi connectivity index (χ0) is 24.5. The molecular formula is C29H37NO4. The number of amides is 1. The monoisotopic (exact) mass is 463 g/mol. The number of carboxylic acids is 1. The van der Waals surface area contributed by atoms with Crippen molar-refractivity contribution in [1.82, 2.24) is 5.32 Å². The van der Waals surface area contributed by atoms with Crippen LogP contribution in [0.4, 0.5) is 0 Å². The Hall–Kier alpha value is -3.08. The highest BCUT2D eigenvalue weighted by Gasteiger charge is 2.22. The largest absolute Gasteiger partial charge is 0.486 e. The number of carboxylic acid groups (broad SMARTS) is 1. The van der Waals surface area contributed by atoms with Gasteiger partial charge in [0.2, 0.25) is 5.91 Å². The van der Waals surface area contributed by atoms with Crippen LogP contribution in [0.3, 0.4) is 0 Å². The summed E-state index contributed by atoms with van der Waals surface area (Å²) in [5.74, 6) is 0.790. The van der Waals surface area contributed by atoms with E-state index in [1.54, 1.807) is 0 Å². The van der Waals surface area contributed by atoms with Gasteiger partial charge in [0.15, 0.2) is 0 Å². The van der Waals surface area contributed by atoms with Gasteiger partial charge >= 0.3 is 5.97 Å². The molecule has 0 spiro atoms. The molecule has 34 heavy (non-hydrogen) atoms. The molecule has 2 aliphatic rings. The van der Waals surface area contributed by atoms with Gasteiger partial charge in [0, 0.05) is 6.54 Å². The molecule has 1 aromatic rings. The van der Waals surface area contributed by atoms with Crippen molar-refractivity contribution in [2.24, 2.45) is 17.8 Å². The molecule has 0 fully saturated rings. The van der Waals surface area contributed by atoms with Crippen LogP contribution in [0.25, 0.3) is 5.57 Å². The van der Waals surface area contributed by atoms with Gasteiger partial charge in [-0.15, -0.1) is 0 Å². The molecule has 1 amide bonds. The topological polar surface area (TPSA) is 75.6 Å². The van der Waals surface area contributed by atoms with Crippen molar-refractivity contribution in [2.75, 3.05) is 6.54 Å². The summed E-state index contributed by atoms with van der Waals surface area (Å²) in [7, 11) is 0. The molecule has 5 nitrogen and oxygen atoms in total. The SMILES string of the molecule is CCCC(Oc1ccc(C2=CCC(C(C)C)C=C2)cc1)C1=CCC(C(=O)NCCC(=O)O)C=C1. The van der Waals surface area contributed by atoms with Crippen LogP contribution < -0.4 is 10.1 Å². The number of hydrogen-bond acceptors (Lipinski definition) is 3. The summed E-state index contributed by atoms with van der Waals surface area (Å²) < 4.78 is 6.35. The second kappa shape index (κ2) is 12.4. The van der Waals surface area contributed by atoms with Gasteiger partial charge in [-0.3, -0.25) is 9.59 Å². The maximum atomic E-state index is 12.3. The Morgan fingerprint density at radius 3 is 2.41 bits per heavy atom. The fourth-order valence-corrected chi connectivity index (χ4v) is 4.29. The molecule has 3 unspecified atom stereocenters. The lowest BCUT2D eigenvalue weighted by Gasteiger charge is -2.24. The number of ether oxygens (including phenoxy) is 1. The molecule has 3 atom stereocenters. The predicted molar refractivity (Wildman–Crippen MR) is 136 cm³/mol. The molecule has 0 saturated heterocycles. The molecule has 0 bridgehead atoms. The molecule has 0 heterocycles. The van der Waals surface area contributed by atoms with Crippen LogP contribution in [0.1, 0.15) is 58.4 Å². The van der Waals surface area contributed by atoms with E-state index in [2.05, 4.69) is 62.5 Å². The summed E-state index contributed by atoms with van der Waals surface area (Å²) in [4.78, 5) is 22.9. The van der Waals surface area contributed by atoms with E-state index in [1.807, 2.05) is 24.3 Å². The Balaban J connectivity index is 1.58. The third-order valence-electron chi connectivity index (χ3n) is 6.48. The molecule has 182 valence electrons. The lowest BCUT2D eigenvalue weighted by atomic mass is 9.86. The molecule has 5 heteroatoms. The van der Waals surface area contributed by atoms with E-state index in [0.717, 1.165) is 30.6 Å². The summed E-state index contributed by atoms with van der Waals surface area (Å²) >= 11 is 0. The fraction of sp³-hybridized carbons (Fsp3) is 0.448. The number of benzene rings is 1. The second-order valence-electron chi connectivity index (χ2n) is 9.42. The number of rotatable bonds is 11.